The Balaban J connectivity index is 2.20. The van der Waals surface area contributed by atoms with Crippen molar-refractivity contribution in [3.05, 3.63) is 35.4 Å². The average molecular weight is 262 g/mol. The molecule has 1 heterocycles. The van der Waals surface area contributed by atoms with E-state index in [9.17, 15) is 14.7 Å². The standard InChI is InChI=1S/C14H18N2O3/c1-9-4-6-10(7-5-9)11-8-16(13(19)15-11)14(2,3)12(17)18/h4-7,11H,8H2,1-3H3,(H,15,19)(H,17,18). The minimum atomic E-state index is -1.20. The molecule has 1 saturated heterocycles. The van der Waals surface area contributed by atoms with Gasteiger partial charge in [-0.3, -0.25) is 0 Å². The van der Waals surface area contributed by atoms with E-state index in [1.54, 1.807) is 0 Å². The van der Waals surface area contributed by atoms with Crippen molar-refractivity contribution in [3.8, 4) is 0 Å². The summed E-state index contributed by atoms with van der Waals surface area (Å²) >= 11 is 0. The highest BCUT2D eigenvalue weighted by Gasteiger charge is 2.43. The number of aryl methyl sites for hydroxylation is 1. The first-order valence-electron chi connectivity index (χ1n) is 6.20. The molecule has 1 aromatic rings. The Hall–Kier alpha value is -2.04. The van der Waals surface area contributed by atoms with Gasteiger partial charge in [0.1, 0.15) is 5.54 Å². The third-order valence-corrected chi connectivity index (χ3v) is 3.59. The molecule has 1 unspecified atom stereocenters. The molecule has 1 aromatic carbocycles. The van der Waals surface area contributed by atoms with Gasteiger partial charge in [0.2, 0.25) is 0 Å². The lowest BCUT2D eigenvalue weighted by Crippen LogP contribution is -2.51. The highest BCUT2D eigenvalue weighted by atomic mass is 16.4. The molecule has 1 aliphatic rings. The maximum absolute atomic E-state index is 11.9. The van der Waals surface area contributed by atoms with Crippen LogP contribution in [0.15, 0.2) is 24.3 Å². The molecule has 0 aliphatic carbocycles. The van der Waals surface area contributed by atoms with E-state index in [0.717, 1.165) is 11.1 Å². The SMILES string of the molecule is Cc1ccc(C2CN(C(C)(C)C(=O)O)C(=O)N2)cc1. The van der Waals surface area contributed by atoms with E-state index >= 15 is 0 Å². The van der Waals surface area contributed by atoms with Crippen LogP contribution in [0.5, 0.6) is 0 Å². The van der Waals surface area contributed by atoms with Gasteiger partial charge in [-0.25, -0.2) is 9.59 Å². The zero-order valence-electron chi connectivity index (χ0n) is 11.3. The van der Waals surface area contributed by atoms with E-state index in [-0.39, 0.29) is 12.1 Å². The van der Waals surface area contributed by atoms with Crippen molar-refractivity contribution in [3.63, 3.8) is 0 Å². The zero-order chi connectivity index (χ0) is 14.2. The van der Waals surface area contributed by atoms with Crippen molar-refractivity contribution < 1.29 is 14.7 Å². The Morgan fingerprint density at radius 1 is 1.37 bits per heavy atom. The van der Waals surface area contributed by atoms with Crippen molar-refractivity contribution in [2.45, 2.75) is 32.4 Å². The van der Waals surface area contributed by atoms with E-state index in [4.69, 9.17) is 0 Å². The second-order valence-electron chi connectivity index (χ2n) is 5.39. The summed E-state index contributed by atoms with van der Waals surface area (Å²) in [6, 6.07) is 7.37. The van der Waals surface area contributed by atoms with Crippen molar-refractivity contribution in [1.29, 1.82) is 0 Å². The quantitative estimate of drug-likeness (QED) is 0.874. The summed E-state index contributed by atoms with van der Waals surface area (Å²) in [5.74, 6) is -1.01. The van der Waals surface area contributed by atoms with Gasteiger partial charge in [0, 0.05) is 6.54 Å². The summed E-state index contributed by atoms with van der Waals surface area (Å²) in [6.07, 6.45) is 0. The maximum Gasteiger partial charge on any atom is 0.329 e. The van der Waals surface area contributed by atoms with E-state index < -0.39 is 11.5 Å². The second-order valence-corrected chi connectivity index (χ2v) is 5.39. The van der Waals surface area contributed by atoms with Crippen LogP contribution in [0.3, 0.4) is 0 Å². The first kappa shape index (κ1) is 13.4. The van der Waals surface area contributed by atoms with E-state index in [1.807, 2.05) is 31.2 Å². The van der Waals surface area contributed by atoms with Gasteiger partial charge in [-0.2, -0.15) is 0 Å². The van der Waals surface area contributed by atoms with Gasteiger partial charge in [-0.05, 0) is 26.3 Å². The number of carbonyl (C=O) groups excluding carboxylic acids is 1. The first-order chi connectivity index (χ1) is 8.82. The number of hydrogen-bond donors (Lipinski definition) is 2. The number of carboxylic acids is 1. The highest BCUT2D eigenvalue weighted by molar-refractivity contribution is 5.87. The number of nitrogens with zero attached hydrogens (tertiary/aromatic N) is 1. The molecule has 0 aromatic heterocycles. The van der Waals surface area contributed by atoms with Gasteiger partial charge >= 0.3 is 12.0 Å². The summed E-state index contributed by atoms with van der Waals surface area (Å²) in [7, 11) is 0. The van der Waals surface area contributed by atoms with Gasteiger partial charge in [0.25, 0.3) is 0 Å². The van der Waals surface area contributed by atoms with Crippen LogP contribution in [-0.2, 0) is 4.79 Å². The second kappa shape index (κ2) is 4.57. The molecule has 1 fully saturated rings. The van der Waals surface area contributed by atoms with E-state index in [2.05, 4.69) is 5.32 Å². The number of carbonyl (C=O) groups is 2. The molecular weight excluding hydrogens is 244 g/mol. The van der Waals surface area contributed by atoms with Gasteiger partial charge in [0.05, 0.1) is 6.04 Å². The molecule has 2 amide bonds. The van der Waals surface area contributed by atoms with Gasteiger partial charge in [-0.1, -0.05) is 29.8 Å². The number of benzene rings is 1. The molecule has 1 atom stereocenters. The van der Waals surface area contributed by atoms with Crippen molar-refractivity contribution in [2.24, 2.45) is 0 Å². The molecular formula is C14H18N2O3. The summed E-state index contributed by atoms with van der Waals surface area (Å²) < 4.78 is 0. The summed E-state index contributed by atoms with van der Waals surface area (Å²) in [6.45, 7) is 5.43. The highest BCUT2D eigenvalue weighted by Crippen LogP contribution is 2.26. The lowest BCUT2D eigenvalue weighted by molar-refractivity contribution is -0.147. The molecule has 0 spiro atoms. The van der Waals surface area contributed by atoms with Crippen LogP contribution in [-0.4, -0.2) is 34.1 Å². The Bertz CT molecular complexity index is 508. The molecule has 102 valence electrons. The first-order valence-corrected chi connectivity index (χ1v) is 6.20. The Kier molecular flexibility index (Phi) is 3.22. The number of amides is 2. The fraction of sp³-hybridized carbons (Fsp3) is 0.429. The summed E-state index contributed by atoms with van der Waals surface area (Å²) in [4.78, 5) is 24.5. The predicted octanol–water partition coefficient (Wildman–Crippen LogP) is 1.92. The zero-order valence-corrected chi connectivity index (χ0v) is 11.3. The molecule has 5 nitrogen and oxygen atoms in total. The molecule has 0 radical (unpaired) electrons. The normalized spacial score (nSPS) is 19.4. The van der Waals surface area contributed by atoms with Gasteiger partial charge in [-0.15, -0.1) is 0 Å². The van der Waals surface area contributed by atoms with Gasteiger partial charge < -0.3 is 15.3 Å². The summed E-state index contributed by atoms with van der Waals surface area (Å²) in [5.41, 5.74) is 0.933. The number of carboxylic acid groups (broad SMARTS) is 1. The number of hydrogen-bond acceptors (Lipinski definition) is 2. The van der Waals surface area contributed by atoms with E-state index in [1.165, 1.54) is 18.7 Å². The van der Waals surface area contributed by atoms with Crippen LogP contribution < -0.4 is 5.32 Å². The molecule has 19 heavy (non-hydrogen) atoms. The molecule has 2 N–H and O–H groups in total. The fourth-order valence-corrected chi connectivity index (χ4v) is 2.12. The molecule has 1 aliphatic heterocycles. The summed E-state index contributed by atoms with van der Waals surface area (Å²) in [5, 5.41) is 12.0. The van der Waals surface area contributed by atoms with Crippen LogP contribution in [0.2, 0.25) is 0 Å². The third-order valence-electron chi connectivity index (χ3n) is 3.59. The lowest BCUT2D eigenvalue weighted by Gasteiger charge is -2.30. The maximum atomic E-state index is 11.9. The number of rotatable bonds is 3. The van der Waals surface area contributed by atoms with Crippen molar-refractivity contribution in [1.82, 2.24) is 10.2 Å². The fourth-order valence-electron chi connectivity index (χ4n) is 2.12. The predicted molar refractivity (Wildman–Crippen MR) is 70.9 cm³/mol. The monoisotopic (exact) mass is 262 g/mol. The lowest BCUT2D eigenvalue weighted by atomic mass is 10.0. The topological polar surface area (TPSA) is 69.6 Å². The van der Waals surface area contributed by atoms with Crippen LogP contribution >= 0.6 is 0 Å². The molecule has 0 bridgehead atoms. The van der Waals surface area contributed by atoms with E-state index in [0.29, 0.717) is 6.54 Å². The van der Waals surface area contributed by atoms with Crippen LogP contribution in [0.4, 0.5) is 4.79 Å². The Labute approximate surface area is 112 Å². The number of aliphatic carboxylic acids is 1. The minimum absolute atomic E-state index is 0.160. The smallest absolute Gasteiger partial charge is 0.329 e. The largest absolute Gasteiger partial charge is 0.480 e. The van der Waals surface area contributed by atoms with Crippen molar-refractivity contribution in [2.75, 3.05) is 6.54 Å². The van der Waals surface area contributed by atoms with Crippen LogP contribution in [0.25, 0.3) is 0 Å². The third kappa shape index (κ3) is 2.41. The number of urea groups is 1. The van der Waals surface area contributed by atoms with Crippen LogP contribution in [0, 0.1) is 6.92 Å². The van der Waals surface area contributed by atoms with Crippen LogP contribution in [0.1, 0.15) is 31.0 Å². The minimum Gasteiger partial charge on any atom is -0.480 e. The molecule has 0 saturated carbocycles. The number of nitrogens with one attached hydrogen (secondary N) is 1. The molecule has 2 rings (SSSR count). The average Bonchev–Trinajstić information content (AvgIpc) is 2.72. The Morgan fingerprint density at radius 3 is 2.47 bits per heavy atom. The van der Waals surface area contributed by atoms with Crippen molar-refractivity contribution >= 4 is 12.0 Å². The molecule has 5 heteroatoms. The Morgan fingerprint density at radius 2 is 1.95 bits per heavy atom. The van der Waals surface area contributed by atoms with Gasteiger partial charge in [0.15, 0.2) is 0 Å².